The highest BCUT2D eigenvalue weighted by Crippen LogP contribution is 2.26. The molecule has 0 spiro atoms. The lowest BCUT2D eigenvalue weighted by Crippen LogP contribution is -2.56. The van der Waals surface area contributed by atoms with E-state index in [0.717, 1.165) is 18.8 Å². The average molecular weight is 343 g/mol. The number of amides is 1. The van der Waals surface area contributed by atoms with Crippen molar-refractivity contribution >= 4 is 11.9 Å². The second-order valence-corrected chi connectivity index (χ2v) is 6.25. The maximum absolute atomic E-state index is 11.5. The molecule has 7 nitrogen and oxygen atoms in total. The summed E-state index contributed by atoms with van der Waals surface area (Å²) in [6.07, 6.45) is 0. The van der Waals surface area contributed by atoms with Crippen molar-refractivity contribution < 1.29 is 19.1 Å². The molecule has 2 aromatic rings. The molecule has 0 aliphatic carbocycles. The van der Waals surface area contributed by atoms with Crippen LogP contribution in [0.5, 0.6) is 0 Å². The van der Waals surface area contributed by atoms with E-state index in [-0.39, 0.29) is 17.5 Å². The first-order chi connectivity index (χ1) is 12.0. The quantitative estimate of drug-likeness (QED) is 0.847. The molecular weight excluding hydrogens is 322 g/mol. The number of carboxylic acid groups (broad SMARTS) is 1. The van der Waals surface area contributed by atoms with E-state index < -0.39 is 5.97 Å². The molecule has 2 heterocycles. The van der Waals surface area contributed by atoms with Gasteiger partial charge in [-0.2, -0.15) is 0 Å². The van der Waals surface area contributed by atoms with Gasteiger partial charge in [-0.1, -0.05) is 18.2 Å². The van der Waals surface area contributed by atoms with Crippen molar-refractivity contribution in [3.63, 3.8) is 0 Å². The number of rotatable bonds is 5. The van der Waals surface area contributed by atoms with Crippen LogP contribution in [0.25, 0.3) is 11.3 Å². The number of carboxylic acids is 1. The Morgan fingerprint density at radius 1 is 1.24 bits per heavy atom. The van der Waals surface area contributed by atoms with Gasteiger partial charge < -0.3 is 15.3 Å². The van der Waals surface area contributed by atoms with Crippen molar-refractivity contribution in [3.05, 3.63) is 47.7 Å². The molecule has 1 fully saturated rings. The molecule has 1 aliphatic rings. The molecule has 1 atom stereocenters. The lowest BCUT2D eigenvalue weighted by atomic mass is 10.1. The van der Waals surface area contributed by atoms with Gasteiger partial charge >= 0.3 is 5.97 Å². The SMILES string of the molecule is CN1CCN(Cc2ccc(-c3ccccc3C(=O)O)o2)C[C@H]1C(N)=O. The minimum atomic E-state index is -0.989. The highest BCUT2D eigenvalue weighted by Gasteiger charge is 2.28. The highest BCUT2D eigenvalue weighted by molar-refractivity contribution is 5.95. The normalized spacial score (nSPS) is 19.0. The summed E-state index contributed by atoms with van der Waals surface area (Å²) in [5.41, 5.74) is 6.21. The maximum Gasteiger partial charge on any atom is 0.336 e. The molecule has 132 valence electrons. The van der Waals surface area contributed by atoms with Crippen LogP contribution in [0.4, 0.5) is 0 Å². The predicted molar refractivity (Wildman–Crippen MR) is 92.0 cm³/mol. The van der Waals surface area contributed by atoms with Gasteiger partial charge in [0.1, 0.15) is 17.6 Å². The van der Waals surface area contributed by atoms with Crippen molar-refractivity contribution in [2.75, 3.05) is 26.7 Å². The molecule has 1 amide bonds. The first-order valence-corrected chi connectivity index (χ1v) is 8.09. The molecule has 1 aromatic carbocycles. The number of primary amides is 1. The first-order valence-electron chi connectivity index (χ1n) is 8.09. The lowest BCUT2D eigenvalue weighted by Gasteiger charge is -2.37. The van der Waals surface area contributed by atoms with Crippen molar-refractivity contribution in [3.8, 4) is 11.3 Å². The third-order valence-corrected chi connectivity index (χ3v) is 4.52. The fourth-order valence-corrected chi connectivity index (χ4v) is 3.09. The maximum atomic E-state index is 11.5. The molecule has 0 saturated carbocycles. The van der Waals surface area contributed by atoms with E-state index in [4.69, 9.17) is 10.2 Å². The number of hydrogen-bond donors (Lipinski definition) is 2. The highest BCUT2D eigenvalue weighted by atomic mass is 16.4. The van der Waals surface area contributed by atoms with Crippen LogP contribution < -0.4 is 5.73 Å². The van der Waals surface area contributed by atoms with Crippen LogP contribution in [0.2, 0.25) is 0 Å². The third kappa shape index (κ3) is 3.72. The molecule has 1 aromatic heterocycles. The number of furan rings is 1. The fraction of sp³-hybridized carbons (Fsp3) is 0.333. The number of carbonyl (C=O) groups is 2. The number of carbonyl (C=O) groups excluding carboxylic acids is 1. The van der Waals surface area contributed by atoms with Crippen LogP contribution in [0.1, 0.15) is 16.1 Å². The molecule has 3 N–H and O–H groups in total. The summed E-state index contributed by atoms with van der Waals surface area (Å²) in [5.74, 6) is -0.0730. The fourth-order valence-electron chi connectivity index (χ4n) is 3.09. The third-order valence-electron chi connectivity index (χ3n) is 4.52. The van der Waals surface area contributed by atoms with Gasteiger partial charge in [0, 0.05) is 25.2 Å². The smallest absolute Gasteiger partial charge is 0.336 e. The predicted octanol–water partition coefficient (Wildman–Crippen LogP) is 1.25. The van der Waals surface area contributed by atoms with Gasteiger partial charge in [-0.25, -0.2) is 4.79 Å². The van der Waals surface area contributed by atoms with Gasteiger partial charge in [0.2, 0.25) is 5.91 Å². The Hall–Kier alpha value is -2.64. The number of piperazine rings is 1. The zero-order chi connectivity index (χ0) is 18.0. The second-order valence-electron chi connectivity index (χ2n) is 6.25. The molecule has 0 radical (unpaired) electrons. The van der Waals surface area contributed by atoms with Crippen LogP contribution >= 0.6 is 0 Å². The standard InChI is InChI=1S/C18H21N3O4/c1-20-8-9-21(11-15(20)17(19)22)10-12-6-7-16(25-12)13-4-2-3-5-14(13)18(23)24/h2-7,15H,8-11H2,1H3,(H2,19,22)(H,23,24)/t15-/m0/s1. The van der Waals surface area contributed by atoms with Gasteiger partial charge in [-0.3, -0.25) is 14.6 Å². The number of benzene rings is 1. The van der Waals surface area contributed by atoms with Crippen molar-refractivity contribution in [2.24, 2.45) is 5.73 Å². The van der Waals surface area contributed by atoms with E-state index in [1.165, 1.54) is 0 Å². The summed E-state index contributed by atoms with van der Waals surface area (Å²) in [4.78, 5) is 26.9. The summed E-state index contributed by atoms with van der Waals surface area (Å²) < 4.78 is 5.85. The van der Waals surface area contributed by atoms with E-state index >= 15 is 0 Å². The monoisotopic (exact) mass is 343 g/mol. The number of nitrogens with zero attached hydrogens (tertiary/aromatic N) is 2. The minimum absolute atomic E-state index is 0.205. The van der Waals surface area contributed by atoms with Gasteiger partial charge in [0.15, 0.2) is 0 Å². The van der Waals surface area contributed by atoms with Crippen molar-refractivity contribution in [2.45, 2.75) is 12.6 Å². The van der Waals surface area contributed by atoms with Crippen molar-refractivity contribution in [1.82, 2.24) is 9.80 Å². The van der Waals surface area contributed by atoms with Gasteiger partial charge in [0.25, 0.3) is 0 Å². The lowest BCUT2D eigenvalue weighted by molar-refractivity contribution is -0.125. The van der Waals surface area contributed by atoms with E-state index in [1.54, 1.807) is 30.3 Å². The van der Waals surface area contributed by atoms with Gasteiger partial charge in [-0.15, -0.1) is 0 Å². The Balaban J connectivity index is 1.75. The van der Waals surface area contributed by atoms with E-state index in [9.17, 15) is 14.7 Å². The van der Waals surface area contributed by atoms with Gasteiger partial charge in [-0.05, 0) is 25.2 Å². The Labute approximate surface area is 145 Å². The Kier molecular flexibility index (Phi) is 4.87. The zero-order valence-corrected chi connectivity index (χ0v) is 14.0. The molecule has 1 aliphatic heterocycles. The summed E-state index contributed by atoms with van der Waals surface area (Å²) >= 11 is 0. The van der Waals surface area contributed by atoms with Crippen LogP contribution in [-0.4, -0.2) is 59.5 Å². The second kappa shape index (κ2) is 7.08. The van der Waals surface area contributed by atoms with Crippen molar-refractivity contribution in [1.29, 1.82) is 0 Å². The molecule has 7 heteroatoms. The first kappa shape index (κ1) is 17.2. The Morgan fingerprint density at radius 3 is 2.72 bits per heavy atom. The molecule has 25 heavy (non-hydrogen) atoms. The Bertz CT molecular complexity index is 786. The van der Waals surface area contributed by atoms with E-state index in [1.807, 2.05) is 18.0 Å². The van der Waals surface area contributed by atoms with Crippen LogP contribution in [-0.2, 0) is 11.3 Å². The minimum Gasteiger partial charge on any atom is -0.478 e. The molecule has 0 unspecified atom stereocenters. The number of aromatic carboxylic acids is 1. The average Bonchev–Trinajstić information content (AvgIpc) is 3.04. The number of nitrogens with two attached hydrogens (primary N) is 1. The molecular formula is C18H21N3O4. The summed E-state index contributed by atoms with van der Waals surface area (Å²) in [6, 6.07) is 10.1. The number of likely N-dealkylation sites (N-methyl/N-ethyl adjacent to an activating group) is 1. The van der Waals surface area contributed by atoms with E-state index in [0.29, 0.717) is 24.4 Å². The molecule has 3 rings (SSSR count). The van der Waals surface area contributed by atoms with Gasteiger partial charge in [0.05, 0.1) is 12.1 Å². The number of hydrogen-bond acceptors (Lipinski definition) is 5. The van der Waals surface area contributed by atoms with Crippen LogP contribution in [0.3, 0.4) is 0 Å². The zero-order valence-electron chi connectivity index (χ0n) is 14.0. The topological polar surface area (TPSA) is 100 Å². The van der Waals surface area contributed by atoms with Crippen LogP contribution in [0, 0.1) is 0 Å². The van der Waals surface area contributed by atoms with Crippen LogP contribution in [0.15, 0.2) is 40.8 Å². The van der Waals surface area contributed by atoms with E-state index in [2.05, 4.69) is 4.90 Å². The summed E-state index contributed by atoms with van der Waals surface area (Å²) in [6.45, 7) is 2.66. The summed E-state index contributed by atoms with van der Waals surface area (Å²) in [7, 11) is 1.89. The molecule has 0 bridgehead atoms. The largest absolute Gasteiger partial charge is 0.478 e. The summed E-state index contributed by atoms with van der Waals surface area (Å²) in [5, 5.41) is 9.30. The Morgan fingerprint density at radius 2 is 2.00 bits per heavy atom. The molecule has 1 saturated heterocycles.